The first-order valence-corrected chi connectivity index (χ1v) is 12.2. The molecule has 178 valence electrons. The van der Waals surface area contributed by atoms with Gasteiger partial charge in [-0.3, -0.25) is 9.59 Å². The van der Waals surface area contributed by atoms with Crippen LogP contribution in [0.5, 0.6) is 5.75 Å². The Kier molecular flexibility index (Phi) is 7.65. The average molecular weight is 479 g/mol. The summed E-state index contributed by atoms with van der Waals surface area (Å²) in [4.78, 5) is 31.8. The molecule has 34 heavy (non-hydrogen) atoms. The van der Waals surface area contributed by atoms with Gasteiger partial charge >= 0.3 is 0 Å². The molecule has 2 aromatic carbocycles. The maximum Gasteiger partial charge on any atom is 0.254 e. The lowest BCUT2D eigenvalue weighted by Crippen LogP contribution is -2.47. The van der Waals surface area contributed by atoms with Gasteiger partial charge in [-0.15, -0.1) is 11.3 Å². The van der Waals surface area contributed by atoms with E-state index in [1.54, 1.807) is 54.7 Å². The van der Waals surface area contributed by atoms with Crippen molar-refractivity contribution >= 4 is 23.2 Å². The summed E-state index contributed by atoms with van der Waals surface area (Å²) >= 11 is 1.74. The number of carbonyl (C=O) groups is 2. The molecule has 2 heterocycles. The lowest BCUT2D eigenvalue weighted by Gasteiger charge is -2.38. The fourth-order valence-electron chi connectivity index (χ4n) is 4.44. The molecule has 1 aliphatic rings. The summed E-state index contributed by atoms with van der Waals surface area (Å²) in [5, 5.41) is 2.10. The number of aryl methyl sites for hydroxylation is 1. The summed E-state index contributed by atoms with van der Waals surface area (Å²) < 4.78 is 10.4. The van der Waals surface area contributed by atoms with Crippen molar-refractivity contribution in [3.63, 3.8) is 0 Å². The smallest absolute Gasteiger partial charge is 0.254 e. The van der Waals surface area contributed by atoms with Gasteiger partial charge < -0.3 is 19.3 Å². The predicted molar refractivity (Wildman–Crippen MR) is 134 cm³/mol. The number of hydrogen-bond acceptors (Lipinski definition) is 5. The number of carbonyl (C=O) groups excluding carboxylic acids is 2. The van der Waals surface area contributed by atoms with Crippen LogP contribution in [-0.4, -0.2) is 62.1 Å². The minimum Gasteiger partial charge on any atom is -0.497 e. The molecule has 1 aromatic heterocycles. The third-order valence-corrected chi connectivity index (χ3v) is 7.28. The minimum absolute atomic E-state index is 0.00389. The first kappa shape index (κ1) is 24.0. The van der Waals surface area contributed by atoms with E-state index in [1.807, 2.05) is 17.0 Å². The zero-order valence-electron chi connectivity index (χ0n) is 19.8. The Morgan fingerprint density at radius 1 is 1.06 bits per heavy atom. The number of fused-ring (bicyclic) bond motifs is 1. The Labute approximate surface area is 204 Å². The Hall–Kier alpha value is -3.16. The molecule has 1 aliphatic heterocycles. The van der Waals surface area contributed by atoms with Gasteiger partial charge in [-0.2, -0.15) is 0 Å². The molecular formula is C27H30N2O4S. The molecule has 0 saturated heterocycles. The van der Waals surface area contributed by atoms with Crippen LogP contribution in [0.4, 0.5) is 0 Å². The van der Waals surface area contributed by atoms with Crippen LogP contribution in [0.2, 0.25) is 0 Å². The van der Waals surface area contributed by atoms with Crippen LogP contribution in [0.15, 0.2) is 60.0 Å². The monoisotopic (exact) mass is 478 g/mol. The second-order valence-electron chi connectivity index (χ2n) is 8.34. The molecular weight excluding hydrogens is 448 g/mol. The van der Waals surface area contributed by atoms with E-state index in [4.69, 9.17) is 9.47 Å². The molecule has 0 aliphatic carbocycles. The largest absolute Gasteiger partial charge is 0.497 e. The normalized spacial score (nSPS) is 15.0. The van der Waals surface area contributed by atoms with E-state index in [0.29, 0.717) is 31.0 Å². The van der Waals surface area contributed by atoms with Crippen molar-refractivity contribution in [1.82, 2.24) is 9.80 Å². The molecule has 1 unspecified atom stereocenters. The van der Waals surface area contributed by atoms with Gasteiger partial charge in [-0.1, -0.05) is 24.3 Å². The van der Waals surface area contributed by atoms with E-state index in [1.165, 1.54) is 10.4 Å². The van der Waals surface area contributed by atoms with Gasteiger partial charge in [-0.25, -0.2) is 0 Å². The maximum absolute atomic E-state index is 13.7. The molecule has 6 nitrogen and oxygen atoms in total. The summed E-state index contributed by atoms with van der Waals surface area (Å²) in [7, 11) is 3.18. The molecule has 2 amide bonds. The Bertz CT molecular complexity index is 1140. The molecule has 0 N–H and O–H groups in total. The predicted octanol–water partition coefficient (Wildman–Crippen LogP) is 4.33. The molecule has 0 spiro atoms. The van der Waals surface area contributed by atoms with Gasteiger partial charge in [-0.05, 0) is 65.7 Å². The summed E-state index contributed by atoms with van der Waals surface area (Å²) in [6.45, 7) is 3.39. The van der Waals surface area contributed by atoms with Gasteiger partial charge in [0.15, 0.2) is 0 Å². The zero-order valence-corrected chi connectivity index (χ0v) is 20.6. The van der Waals surface area contributed by atoms with Crippen molar-refractivity contribution in [1.29, 1.82) is 0 Å². The second-order valence-corrected chi connectivity index (χ2v) is 9.34. The molecule has 4 rings (SSSR count). The third-order valence-electron chi connectivity index (χ3n) is 6.28. The van der Waals surface area contributed by atoms with E-state index < -0.39 is 0 Å². The number of hydrogen-bond donors (Lipinski definition) is 0. The number of thiophene rings is 1. The van der Waals surface area contributed by atoms with E-state index in [0.717, 1.165) is 17.5 Å². The number of methoxy groups -OCH3 is 2. The quantitative estimate of drug-likeness (QED) is 0.484. The van der Waals surface area contributed by atoms with Crippen molar-refractivity contribution in [2.75, 3.05) is 40.5 Å². The fourth-order valence-corrected chi connectivity index (χ4v) is 5.34. The zero-order chi connectivity index (χ0) is 24.1. The van der Waals surface area contributed by atoms with Crippen molar-refractivity contribution < 1.29 is 19.1 Å². The fraction of sp³-hybridized carbons (Fsp3) is 0.333. The Morgan fingerprint density at radius 3 is 2.53 bits per heavy atom. The summed E-state index contributed by atoms with van der Waals surface area (Å²) in [5.41, 5.74) is 3.97. The summed E-state index contributed by atoms with van der Waals surface area (Å²) in [6.07, 6.45) is 0.825. The highest BCUT2D eigenvalue weighted by Gasteiger charge is 2.34. The van der Waals surface area contributed by atoms with Gasteiger partial charge in [0.2, 0.25) is 5.91 Å². The van der Waals surface area contributed by atoms with E-state index >= 15 is 0 Å². The molecule has 7 heteroatoms. The van der Waals surface area contributed by atoms with Crippen molar-refractivity contribution in [2.24, 2.45) is 0 Å². The highest BCUT2D eigenvalue weighted by molar-refractivity contribution is 7.10. The molecule has 1 atom stereocenters. The molecule has 0 saturated carbocycles. The van der Waals surface area contributed by atoms with Gasteiger partial charge in [0.05, 0.1) is 19.8 Å². The lowest BCUT2D eigenvalue weighted by molar-refractivity contribution is -0.134. The maximum atomic E-state index is 13.7. The van der Waals surface area contributed by atoms with Crippen molar-refractivity contribution in [3.8, 4) is 5.75 Å². The van der Waals surface area contributed by atoms with Crippen LogP contribution in [-0.2, 0) is 16.0 Å². The van der Waals surface area contributed by atoms with Crippen LogP contribution in [0, 0.1) is 6.92 Å². The van der Waals surface area contributed by atoms with Crippen molar-refractivity contribution in [2.45, 2.75) is 19.4 Å². The standard InChI is InChI=1S/C27H30N2O4S/c1-19-6-4-5-7-22(19)26-23-13-17-34-24(23)12-14-29(26)25(30)18-28(15-16-32-2)27(31)20-8-10-21(33-3)11-9-20/h4-11,13,17,26H,12,14-16,18H2,1-3H3. The lowest BCUT2D eigenvalue weighted by atomic mass is 9.90. The van der Waals surface area contributed by atoms with Crippen LogP contribution >= 0.6 is 11.3 Å². The van der Waals surface area contributed by atoms with Crippen LogP contribution < -0.4 is 4.74 Å². The third kappa shape index (κ3) is 5.00. The Balaban J connectivity index is 1.60. The Morgan fingerprint density at radius 2 is 1.82 bits per heavy atom. The number of benzene rings is 2. The van der Waals surface area contributed by atoms with Gasteiger partial charge in [0.25, 0.3) is 5.91 Å². The van der Waals surface area contributed by atoms with Crippen LogP contribution in [0.3, 0.4) is 0 Å². The minimum atomic E-state index is -0.200. The molecule has 0 bridgehead atoms. The molecule has 0 radical (unpaired) electrons. The topological polar surface area (TPSA) is 59.1 Å². The van der Waals surface area contributed by atoms with Gasteiger partial charge in [0, 0.05) is 30.6 Å². The second kappa shape index (κ2) is 10.8. The van der Waals surface area contributed by atoms with Crippen LogP contribution in [0.25, 0.3) is 0 Å². The number of amides is 2. The van der Waals surface area contributed by atoms with E-state index in [9.17, 15) is 9.59 Å². The first-order valence-electron chi connectivity index (χ1n) is 11.4. The number of rotatable bonds is 8. The molecule has 3 aromatic rings. The van der Waals surface area contributed by atoms with Crippen molar-refractivity contribution in [3.05, 3.63) is 87.1 Å². The van der Waals surface area contributed by atoms with E-state index in [2.05, 4.69) is 30.5 Å². The number of nitrogens with zero attached hydrogens (tertiary/aromatic N) is 2. The highest BCUT2D eigenvalue weighted by atomic mass is 32.1. The van der Waals surface area contributed by atoms with Gasteiger partial charge in [0.1, 0.15) is 12.3 Å². The number of ether oxygens (including phenoxy) is 2. The first-order chi connectivity index (χ1) is 16.5. The molecule has 0 fully saturated rings. The summed E-state index contributed by atoms with van der Waals surface area (Å²) in [5.74, 6) is 0.411. The highest BCUT2D eigenvalue weighted by Crippen LogP contribution is 2.39. The SMILES string of the molecule is COCCN(CC(=O)N1CCc2sccc2C1c1ccccc1C)C(=O)c1ccc(OC)cc1. The summed E-state index contributed by atoms with van der Waals surface area (Å²) in [6, 6.07) is 17.1. The average Bonchev–Trinajstić information content (AvgIpc) is 3.35. The van der Waals surface area contributed by atoms with Crippen LogP contribution in [0.1, 0.15) is 38.0 Å². The van der Waals surface area contributed by atoms with E-state index in [-0.39, 0.29) is 24.4 Å².